The van der Waals surface area contributed by atoms with Crippen LogP contribution in [0.4, 0.5) is 13.2 Å². The maximum atomic E-state index is 14.1. The predicted molar refractivity (Wildman–Crippen MR) is 99.5 cm³/mol. The monoisotopic (exact) mass is 480 g/mol. The molecule has 2 aromatic carbocycles. The van der Waals surface area contributed by atoms with E-state index < -0.39 is 24.2 Å². The van der Waals surface area contributed by atoms with Gasteiger partial charge in [0.2, 0.25) is 5.60 Å². The molecule has 0 amide bonds. The number of fused-ring (bicyclic) bond motifs is 1. The number of carbonyl (C=O) groups is 1. The second-order valence-corrected chi connectivity index (χ2v) is 7.64. The molecule has 27 heavy (non-hydrogen) atoms. The molecule has 142 valence electrons. The molecule has 0 aliphatic carbocycles. The second-order valence-electron chi connectivity index (χ2n) is 5.91. The minimum Gasteiger partial charge on any atom is -0.478 e. The maximum Gasteiger partial charge on any atom is 0.432 e. The first kappa shape index (κ1) is 20.0. The molecule has 1 aliphatic rings. The molecular formula is C18H10BrCl2F3O3. The third kappa shape index (κ3) is 3.81. The van der Waals surface area contributed by atoms with Crippen LogP contribution in [0.1, 0.15) is 16.7 Å². The predicted octanol–water partition coefficient (Wildman–Crippen LogP) is 6.21. The summed E-state index contributed by atoms with van der Waals surface area (Å²) in [6.07, 6.45) is -4.33. The first-order chi connectivity index (χ1) is 12.5. The highest BCUT2D eigenvalue weighted by Gasteiger charge is 2.61. The first-order valence-electron chi connectivity index (χ1n) is 7.47. The summed E-state index contributed by atoms with van der Waals surface area (Å²) in [5.41, 5.74) is -2.13. The summed E-state index contributed by atoms with van der Waals surface area (Å²) >= 11 is 14.9. The number of halogens is 6. The van der Waals surface area contributed by atoms with Gasteiger partial charge in [-0.25, -0.2) is 4.79 Å². The molecule has 1 N–H and O–H groups in total. The largest absolute Gasteiger partial charge is 0.478 e. The SMILES string of the molecule is O=C(O)/C=C(\Br)c1ccc2c(c1)CC(c1cc(Cl)cc(Cl)c1)(C(F)(F)F)O2. The van der Waals surface area contributed by atoms with Gasteiger partial charge in [0.15, 0.2) is 0 Å². The summed E-state index contributed by atoms with van der Waals surface area (Å²) < 4.78 is 47.8. The van der Waals surface area contributed by atoms with Crippen molar-refractivity contribution >= 4 is 49.6 Å². The van der Waals surface area contributed by atoms with Crippen LogP contribution < -0.4 is 4.74 Å². The van der Waals surface area contributed by atoms with Gasteiger partial charge in [0.25, 0.3) is 0 Å². The van der Waals surface area contributed by atoms with Crippen LogP contribution in [-0.4, -0.2) is 17.3 Å². The summed E-state index contributed by atoms with van der Waals surface area (Å²) in [4.78, 5) is 10.8. The van der Waals surface area contributed by atoms with Gasteiger partial charge in [-0.1, -0.05) is 29.3 Å². The number of carboxylic acid groups (broad SMARTS) is 1. The van der Waals surface area contributed by atoms with E-state index in [-0.39, 0.29) is 31.4 Å². The topological polar surface area (TPSA) is 46.5 Å². The summed E-state index contributed by atoms with van der Waals surface area (Å²) in [6.45, 7) is 0. The van der Waals surface area contributed by atoms with Gasteiger partial charge in [-0.15, -0.1) is 0 Å². The highest BCUT2D eigenvalue weighted by molar-refractivity contribution is 9.15. The molecule has 0 spiro atoms. The summed E-state index contributed by atoms with van der Waals surface area (Å²) in [6, 6.07) is 7.99. The molecule has 1 unspecified atom stereocenters. The van der Waals surface area contributed by atoms with Gasteiger partial charge < -0.3 is 9.84 Å². The van der Waals surface area contributed by atoms with Crippen LogP contribution in [0.25, 0.3) is 4.48 Å². The molecule has 3 rings (SSSR count). The number of ether oxygens (including phenoxy) is 1. The normalized spacial score (nSPS) is 19.6. The van der Waals surface area contributed by atoms with Crippen molar-refractivity contribution in [2.45, 2.75) is 18.2 Å². The van der Waals surface area contributed by atoms with Crippen molar-refractivity contribution in [1.29, 1.82) is 0 Å². The van der Waals surface area contributed by atoms with Crippen LogP contribution in [0.5, 0.6) is 5.75 Å². The smallest absolute Gasteiger partial charge is 0.432 e. The van der Waals surface area contributed by atoms with Crippen LogP contribution >= 0.6 is 39.1 Å². The molecule has 0 fully saturated rings. The lowest BCUT2D eigenvalue weighted by Crippen LogP contribution is -2.46. The quantitative estimate of drug-likeness (QED) is 0.530. The van der Waals surface area contributed by atoms with E-state index in [4.69, 9.17) is 33.0 Å². The number of benzene rings is 2. The summed E-state index contributed by atoms with van der Waals surface area (Å²) in [5, 5.41) is 8.95. The number of aliphatic carboxylic acids is 1. The molecule has 2 aromatic rings. The molecular weight excluding hydrogens is 472 g/mol. The van der Waals surface area contributed by atoms with Crippen molar-refractivity contribution in [3.05, 3.63) is 69.2 Å². The molecule has 0 aromatic heterocycles. The van der Waals surface area contributed by atoms with Gasteiger partial charge in [-0.3, -0.25) is 0 Å². The molecule has 9 heteroatoms. The maximum absolute atomic E-state index is 14.1. The van der Waals surface area contributed by atoms with Crippen molar-refractivity contribution in [2.24, 2.45) is 0 Å². The van der Waals surface area contributed by atoms with Gasteiger partial charge >= 0.3 is 12.1 Å². The summed E-state index contributed by atoms with van der Waals surface area (Å²) in [5.74, 6) is -1.13. The Labute approximate surface area is 170 Å². The minimum absolute atomic E-state index is 0.0581. The van der Waals surface area contributed by atoms with Crippen molar-refractivity contribution < 1.29 is 27.8 Å². The molecule has 3 nitrogen and oxygen atoms in total. The lowest BCUT2D eigenvalue weighted by atomic mass is 9.88. The number of rotatable bonds is 3. The number of carboxylic acids is 1. The minimum atomic E-state index is -4.74. The van der Waals surface area contributed by atoms with E-state index in [2.05, 4.69) is 15.9 Å². The fourth-order valence-corrected chi connectivity index (χ4v) is 3.89. The molecule has 0 saturated heterocycles. The van der Waals surface area contributed by atoms with Crippen LogP contribution in [0.15, 0.2) is 42.5 Å². The standard InChI is InChI=1S/C18H10BrCl2F3O3/c19-14(7-16(25)26)9-1-2-15-10(3-9)8-17(27-15,18(22,23)24)11-4-12(20)6-13(21)5-11/h1-7H,8H2,(H,25,26)/b14-7-. The van der Waals surface area contributed by atoms with Crippen molar-refractivity contribution in [3.63, 3.8) is 0 Å². The number of alkyl halides is 3. The second kappa shape index (κ2) is 7.04. The van der Waals surface area contributed by atoms with E-state index >= 15 is 0 Å². The van der Waals surface area contributed by atoms with Crippen molar-refractivity contribution in [1.82, 2.24) is 0 Å². The van der Waals surface area contributed by atoms with E-state index in [9.17, 15) is 18.0 Å². The van der Waals surface area contributed by atoms with Crippen LogP contribution in [0, 0.1) is 0 Å². The number of hydrogen-bond donors (Lipinski definition) is 1. The van der Waals surface area contributed by atoms with Crippen molar-refractivity contribution in [2.75, 3.05) is 0 Å². The van der Waals surface area contributed by atoms with E-state index in [0.29, 0.717) is 5.56 Å². The Morgan fingerprint density at radius 2 is 1.81 bits per heavy atom. The third-order valence-electron chi connectivity index (χ3n) is 4.10. The zero-order chi connectivity index (χ0) is 20.0. The zero-order valence-electron chi connectivity index (χ0n) is 13.3. The zero-order valence-corrected chi connectivity index (χ0v) is 16.4. The Bertz CT molecular complexity index is 939. The van der Waals surface area contributed by atoms with Gasteiger partial charge in [0.05, 0.1) is 0 Å². The first-order valence-corrected chi connectivity index (χ1v) is 9.02. The lowest BCUT2D eigenvalue weighted by Gasteiger charge is -2.31. The van der Waals surface area contributed by atoms with E-state index in [1.54, 1.807) is 0 Å². The fourth-order valence-electron chi connectivity index (χ4n) is 2.92. The highest BCUT2D eigenvalue weighted by atomic mass is 79.9. The lowest BCUT2D eigenvalue weighted by molar-refractivity contribution is -0.248. The third-order valence-corrected chi connectivity index (χ3v) is 5.22. The van der Waals surface area contributed by atoms with Gasteiger partial charge in [-0.2, -0.15) is 13.2 Å². The van der Waals surface area contributed by atoms with Crippen LogP contribution in [-0.2, 0) is 16.8 Å². The molecule has 1 heterocycles. The van der Waals surface area contributed by atoms with Gasteiger partial charge in [0.1, 0.15) is 5.75 Å². The summed E-state index contributed by atoms with van der Waals surface area (Å²) in [7, 11) is 0. The van der Waals surface area contributed by atoms with Gasteiger partial charge in [0, 0.05) is 32.6 Å². The highest BCUT2D eigenvalue weighted by Crippen LogP contribution is 2.52. The number of hydrogen-bond acceptors (Lipinski definition) is 2. The van der Waals surface area contributed by atoms with Crippen LogP contribution in [0.3, 0.4) is 0 Å². The average molecular weight is 482 g/mol. The Morgan fingerprint density at radius 1 is 1.19 bits per heavy atom. The van der Waals surface area contributed by atoms with E-state index in [0.717, 1.165) is 6.08 Å². The van der Waals surface area contributed by atoms with E-state index in [1.165, 1.54) is 36.4 Å². The molecule has 1 atom stereocenters. The van der Waals surface area contributed by atoms with E-state index in [1.807, 2.05) is 0 Å². The molecule has 0 saturated carbocycles. The Hall–Kier alpha value is -1.70. The molecule has 0 bridgehead atoms. The molecule has 1 aliphatic heterocycles. The van der Waals surface area contributed by atoms with Gasteiger partial charge in [-0.05, 0) is 57.4 Å². The van der Waals surface area contributed by atoms with Crippen molar-refractivity contribution in [3.8, 4) is 5.75 Å². The average Bonchev–Trinajstić information content (AvgIpc) is 2.93. The Kier molecular flexibility index (Phi) is 5.22. The Balaban J connectivity index is 2.10. The van der Waals surface area contributed by atoms with Crippen LogP contribution in [0.2, 0.25) is 10.0 Å². The Morgan fingerprint density at radius 3 is 2.37 bits per heavy atom. The fraction of sp³-hybridized carbons (Fsp3) is 0.167. The molecule has 0 radical (unpaired) electrons.